The van der Waals surface area contributed by atoms with Crippen LogP contribution in [0.2, 0.25) is 0 Å². The molecule has 0 radical (unpaired) electrons. The molecule has 2 aromatic rings. The average Bonchev–Trinajstić information content (AvgIpc) is 2.60. The fourth-order valence-electron chi connectivity index (χ4n) is 2.73. The van der Waals surface area contributed by atoms with Crippen LogP contribution >= 0.6 is 0 Å². The van der Waals surface area contributed by atoms with Crippen LogP contribution in [0.4, 0.5) is 11.4 Å². The number of sulfonamides is 1. The summed E-state index contributed by atoms with van der Waals surface area (Å²) in [7, 11) is -0.565. The van der Waals surface area contributed by atoms with Gasteiger partial charge in [-0.15, -0.1) is 0 Å². The van der Waals surface area contributed by atoms with E-state index in [1.807, 2.05) is 21.0 Å². The van der Waals surface area contributed by atoms with E-state index in [0.29, 0.717) is 12.2 Å². The maximum atomic E-state index is 13.3. The van der Waals surface area contributed by atoms with Gasteiger partial charge in [0.15, 0.2) is 4.90 Å². The SMILES string of the molecule is Cc1ccc(N(C[C@H](O)C[NH+](C)C)S(=O)(=O)c2ccccc2[N+](=O)[O-])cc1. The van der Waals surface area contributed by atoms with E-state index in [9.17, 15) is 23.6 Å². The number of nitrogens with one attached hydrogen (secondary N) is 1. The quantitative estimate of drug-likeness (QED) is 0.504. The largest absolute Gasteiger partial charge is 0.385 e. The second-order valence-electron chi connectivity index (χ2n) is 6.66. The lowest BCUT2D eigenvalue weighted by molar-refractivity contribution is -0.861. The number of aliphatic hydroxyl groups is 1. The van der Waals surface area contributed by atoms with Gasteiger partial charge in [0.1, 0.15) is 12.6 Å². The molecule has 0 spiro atoms. The van der Waals surface area contributed by atoms with E-state index < -0.39 is 31.6 Å². The summed E-state index contributed by atoms with van der Waals surface area (Å²) in [5.41, 5.74) is 0.786. The third-order valence-corrected chi connectivity index (χ3v) is 5.81. The Kier molecular flexibility index (Phi) is 6.53. The van der Waals surface area contributed by atoms with E-state index in [0.717, 1.165) is 20.8 Å². The molecule has 2 aromatic carbocycles. The number of nitro groups is 1. The maximum absolute atomic E-state index is 13.3. The molecule has 0 aliphatic carbocycles. The molecular formula is C18H24N3O5S+. The highest BCUT2D eigenvalue weighted by molar-refractivity contribution is 7.93. The van der Waals surface area contributed by atoms with Crippen molar-refractivity contribution in [2.45, 2.75) is 17.9 Å². The minimum absolute atomic E-state index is 0.206. The number of anilines is 1. The third-order valence-electron chi connectivity index (χ3n) is 3.97. The Morgan fingerprint density at radius 1 is 1.15 bits per heavy atom. The third kappa shape index (κ3) is 5.03. The van der Waals surface area contributed by atoms with Crippen LogP contribution in [0, 0.1) is 17.0 Å². The molecule has 0 unspecified atom stereocenters. The fraction of sp³-hybridized carbons (Fsp3) is 0.333. The summed E-state index contributed by atoms with van der Waals surface area (Å²) in [5, 5.41) is 21.6. The summed E-state index contributed by atoms with van der Waals surface area (Å²) in [6.45, 7) is 1.99. The van der Waals surface area contributed by atoms with Crippen molar-refractivity contribution in [2.24, 2.45) is 0 Å². The summed E-state index contributed by atoms with van der Waals surface area (Å²) in [6.07, 6.45) is -0.936. The molecule has 9 heteroatoms. The van der Waals surface area contributed by atoms with Gasteiger partial charge in [-0.1, -0.05) is 29.8 Å². The van der Waals surface area contributed by atoms with Gasteiger partial charge in [-0.3, -0.25) is 14.4 Å². The van der Waals surface area contributed by atoms with Gasteiger partial charge in [0.2, 0.25) is 0 Å². The number of aryl methyl sites for hydroxylation is 1. The molecule has 0 aliphatic rings. The second-order valence-corrected chi connectivity index (χ2v) is 8.49. The number of likely N-dealkylation sites (N-methyl/N-ethyl adjacent to an activating group) is 1. The molecule has 0 amide bonds. The van der Waals surface area contributed by atoms with Crippen molar-refractivity contribution in [1.82, 2.24) is 0 Å². The van der Waals surface area contributed by atoms with Crippen LogP contribution < -0.4 is 9.21 Å². The van der Waals surface area contributed by atoms with E-state index >= 15 is 0 Å². The molecule has 0 saturated carbocycles. The van der Waals surface area contributed by atoms with E-state index in [4.69, 9.17) is 0 Å². The van der Waals surface area contributed by atoms with Gasteiger partial charge in [-0.2, -0.15) is 0 Å². The number of rotatable bonds is 8. The molecule has 0 saturated heterocycles. The van der Waals surface area contributed by atoms with E-state index in [-0.39, 0.29) is 6.54 Å². The smallest absolute Gasteiger partial charge is 0.289 e. The van der Waals surface area contributed by atoms with Crippen LogP contribution in [0.25, 0.3) is 0 Å². The van der Waals surface area contributed by atoms with Crippen molar-refractivity contribution < 1.29 is 23.3 Å². The van der Waals surface area contributed by atoms with Gasteiger partial charge < -0.3 is 10.0 Å². The first kappa shape index (κ1) is 20.8. The molecule has 146 valence electrons. The molecular weight excluding hydrogens is 370 g/mol. The lowest BCUT2D eigenvalue weighted by atomic mass is 10.2. The molecule has 0 aliphatic heterocycles. The van der Waals surface area contributed by atoms with Crippen LogP contribution in [0.3, 0.4) is 0 Å². The van der Waals surface area contributed by atoms with Gasteiger partial charge >= 0.3 is 0 Å². The van der Waals surface area contributed by atoms with Gasteiger partial charge in [-0.05, 0) is 25.1 Å². The van der Waals surface area contributed by atoms with Crippen molar-refractivity contribution in [3.63, 3.8) is 0 Å². The Labute approximate surface area is 158 Å². The van der Waals surface area contributed by atoms with Gasteiger partial charge in [0, 0.05) is 6.07 Å². The lowest BCUT2D eigenvalue weighted by Crippen LogP contribution is -3.07. The number of nitrogens with zero attached hydrogens (tertiary/aromatic N) is 2. The first-order valence-electron chi connectivity index (χ1n) is 8.43. The molecule has 0 heterocycles. The molecule has 0 aromatic heterocycles. The van der Waals surface area contributed by atoms with Crippen molar-refractivity contribution in [2.75, 3.05) is 31.5 Å². The monoisotopic (exact) mass is 394 g/mol. The number of benzene rings is 2. The zero-order valence-corrected chi connectivity index (χ0v) is 16.3. The van der Waals surface area contributed by atoms with Crippen molar-refractivity contribution >= 4 is 21.4 Å². The molecule has 0 fully saturated rings. The van der Waals surface area contributed by atoms with Crippen LogP contribution in [-0.2, 0) is 10.0 Å². The number of nitro benzene ring substituents is 1. The fourth-order valence-corrected chi connectivity index (χ4v) is 4.39. The lowest BCUT2D eigenvalue weighted by Gasteiger charge is -2.27. The normalized spacial score (nSPS) is 12.8. The van der Waals surface area contributed by atoms with E-state index in [2.05, 4.69) is 0 Å². The zero-order chi connectivity index (χ0) is 20.2. The highest BCUT2D eigenvalue weighted by Crippen LogP contribution is 2.30. The van der Waals surface area contributed by atoms with Crippen molar-refractivity contribution in [1.29, 1.82) is 0 Å². The summed E-state index contributed by atoms with van der Waals surface area (Å²) in [4.78, 5) is 11.1. The standard InChI is InChI=1S/C18H23N3O5S/c1-14-8-10-15(11-9-14)20(13-16(22)12-19(2)3)27(25,26)18-7-5-4-6-17(18)21(23)24/h4-11,16,22H,12-13H2,1-3H3/p+1/t16-/m1/s1. The van der Waals surface area contributed by atoms with E-state index in [1.165, 1.54) is 18.2 Å². The molecule has 2 N–H and O–H groups in total. The van der Waals surface area contributed by atoms with Crippen LogP contribution in [0.5, 0.6) is 0 Å². The first-order valence-corrected chi connectivity index (χ1v) is 9.87. The summed E-state index contributed by atoms with van der Waals surface area (Å²) < 4.78 is 27.6. The number of hydrogen-bond donors (Lipinski definition) is 2. The van der Waals surface area contributed by atoms with Crippen LogP contribution in [0.15, 0.2) is 53.4 Å². The highest BCUT2D eigenvalue weighted by atomic mass is 32.2. The Balaban J connectivity index is 2.55. The van der Waals surface area contributed by atoms with Gasteiger partial charge in [-0.25, -0.2) is 8.42 Å². The van der Waals surface area contributed by atoms with Crippen molar-refractivity contribution in [3.05, 3.63) is 64.2 Å². The predicted octanol–water partition coefficient (Wildman–Crippen LogP) is 0.604. The number of aliphatic hydroxyl groups excluding tert-OH is 1. The Bertz CT molecular complexity index is 897. The predicted molar refractivity (Wildman–Crippen MR) is 102 cm³/mol. The summed E-state index contributed by atoms with van der Waals surface area (Å²) in [5.74, 6) is 0. The summed E-state index contributed by atoms with van der Waals surface area (Å²) in [6, 6.07) is 12.0. The topological polar surface area (TPSA) is 105 Å². The Hall–Kier alpha value is -2.49. The molecule has 27 heavy (non-hydrogen) atoms. The number of quaternary nitrogens is 1. The Morgan fingerprint density at radius 2 is 1.74 bits per heavy atom. The molecule has 8 nitrogen and oxygen atoms in total. The molecule has 0 bridgehead atoms. The second kappa shape index (κ2) is 8.47. The average molecular weight is 394 g/mol. The highest BCUT2D eigenvalue weighted by Gasteiger charge is 2.33. The maximum Gasteiger partial charge on any atom is 0.289 e. The van der Waals surface area contributed by atoms with Crippen LogP contribution in [0.1, 0.15) is 5.56 Å². The van der Waals surface area contributed by atoms with Gasteiger partial charge in [0.05, 0.1) is 31.3 Å². The minimum Gasteiger partial charge on any atom is -0.385 e. The minimum atomic E-state index is -4.25. The Morgan fingerprint density at radius 3 is 2.30 bits per heavy atom. The zero-order valence-electron chi connectivity index (χ0n) is 15.5. The van der Waals surface area contributed by atoms with Gasteiger partial charge in [0.25, 0.3) is 15.7 Å². The first-order chi connectivity index (χ1) is 12.6. The van der Waals surface area contributed by atoms with Crippen LogP contribution in [-0.4, -0.2) is 51.7 Å². The summed E-state index contributed by atoms with van der Waals surface area (Å²) >= 11 is 0. The molecule has 2 rings (SSSR count). The number of hydrogen-bond acceptors (Lipinski definition) is 5. The van der Waals surface area contributed by atoms with Crippen molar-refractivity contribution in [3.8, 4) is 0 Å². The molecule has 1 atom stereocenters. The number of para-hydroxylation sites is 1. The van der Waals surface area contributed by atoms with E-state index in [1.54, 1.807) is 24.3 Å².